The third kappa shape index (κ3) is 2.07. The van der Waals surface area contributed by atoms with Gasteiger partial charge in [-0.25, -0.2) is 0 Å². The van der Waals surface area contributed by atoms with Gasteiger partial charge in [0.1, 0.15) is 5.75 Å². The number of phenols is 1. The summed E-state index contributed by atoms with van der Waals surface area (Å²) in [5.41, 5.74) is 0.0647. The van der Waals surface area contributed by atoms with Gasteiger partial charge in [-0.3, -0.25) is 4.79 Å². The van der Waals surface area contributed by atoms with Gasteiger partial charge < -0.3 is 10.4 Å². The van der Waals surface area contributed by atoms with Crippen molar-refractivity contribution in [3.05, 3.63) is 29.8 Å². The van der Waals surface area contributed by atoms with Crippen molar-refractivity contribution >= 4 is 17.5 Å². The van der Waals surface area contributed by atoms with Gasteiger partial charge in [0.25, 0.3) is 5.91 Å². The molecule has 0 atom stereocenters. The van der Waals surface area contributed by atoms with Crippen molar-refractivity contribution in [1.29, 1.82) is 0 Å². The molecule has 1 fully saturated rings. The number of carbonyl (C=O) groups excluding carboxylic acids is 1. The fourth-order valence-electron chi connectivity index (χ4n) is 1.42. The minimum absolute atomic E-state index is 0.000345. The Hall–Kier alpha value is -1.22. The Labute approximate surface area is 93.1 Å². The second kappa shape index (κ2) is 3.74. The first-order valence-electron chi connectivity index (χ1n) is 4.83. The quantitative estimate of drug-likeness (QED) is 0.772. The standard InChI is InChI=1S/C11H12ClNO2/c12-7-11(5-6-11)13-10(15)8-3-1-2-4-9(8)14/h1-4,14H,5-7H2,(H,13,15). The molecule has 1 aromatic rings. The largest absolute Gasteiger partial charge is 0.507 e. The topological polar surface area (TPSA) is 49.3 Å². The number of hydrogen-bond donors (Lipinski definition) is 2. The summed E-state index contributed by atoms with van der Waals surface area (Å²) in [7, 11) is 0. The summed E-state index contributed by atoms with van der Waals surface area (Å²) in [4.78, 5) is 11.8. The van der Waals surface area contributed by atoms with E-state index in [0.29, 0.717) is 11.4 Å². The van der Waals surface area contributed by atoms with E-state index >= 15 is 0 Å². The number of amides is 1. The second-order valence-electron chi connectivity index (χ2n) is 3.89. The lowest BCUT2D eigenvalue weighted by atomic mass is 10.1. The molecule has 3 nitrogen and oxygen atoms in total. The molecule has 1 amide bonds. The third-order valence-corrected chi connectivity index (χ3v) is 3.15. The molecule has 0 saturated heterocycles. The SMILES string of the molecule is O=C(NC1(CCl)CC1)c1ccccc1O. The molecule has 2 rings (SSSR count). The molecule has 1 aliphatic carbocycles. The van der Waals surface area contributed by atoms with E-state index in [1.54, 1.807) is 18.2 Å². The Morgan fingerprint density at radius 1 is 1.47 bits per heavy atom. The van der Waals surface area contributed by atoms with Crippen LogP contribution in [0.3, 0.4) is 0 Å². The summed E-state index contributed by atoms with van der Waals surface area (Å²) in [6, 6.07) is 6.49. The number of benzene rings is 1. The van der Waals surface area contributed by atoms with E-state index in [4.69, 9.17) is 11.6 Å². The van der Waals surface area contributed by atoms with Crippen molar-refractivity contribution in [3.8, 4) is 5.75 Å². The number of para-hydroxylation sites is 1. The van der Waals surface area contributed by atoms with Crippen LogP contribution in [0.1, 0.15) is 23.2 Å². The normalized spacial score (nSPS) is 17.1. The van der Waals surface area contributed by atoms with Gasteiger partial charge in [-0.2, -0.15) is 0 Å². The summed E-state index contributed by atoms with van der Waals surface area (Å²) < 4.78 is 0. The Bertz CT molecular complexity index is 388. The van der Waals surface area contributed by atoms with Crippen LogP contribution in [-0.4, -0.2) is 22.4 Å². The van der Waals surface area contributed by atoms with Gasteiger partial charge in [0.2, 0.25) is 0 Å². The number of aromatic hydroxyl groups is 1. The monoisotopic (exact) mass is 225 g/mol. The van der Waals surface area contributed by atoms with Gasteiger partial charge in [0, 0.05) is 5.88 Å². The average molecular weight is 226 g/mol. The van der Waals surface area contributed by atoms with Gasteiger partial charge in [-0.15, -0.1) is 11.6 Å². The lowest BCUT2D eigenvalue weighted by Gasteiger charge is -2.14. The van der Waals surface area contributed by atoms with Crippen LogP contribution >= 0.6 is 11.6 Å². The number of alkyl halides is 1. The molecule has 2 N–H and O–H groups in total. The average Bonchev–Trinajstić information content (AvgIpc) is 2.99. The molecular formula is C11H12ClNO2. The summed E-state index contributed by atoms with van der Waals surface area (Å²) in [6.45, 7) is 0. The molecule has 0 spiro atoms. The summed E-state index contributed by atoms with van der Waals surface area (Å²) in [6.07, 6.45) is 1.83. The second-order valence-corrected chi connectivity index (χ2v) is 4.15. The lowest BCUT2D eigenvalue weighted by Crippen LogP contribution is -2.38. The van der Waals surface area contributed by atoms with Crippen molar-refractivity contribution in [2.75, 3.05) is 5.88 Å². The molecule has 4 heteroatoms. The van der Waals surface area contributed by atoms with Crippen LogP contribution in [0.15, 0.2) is 24.3 Å². The molecule has 15 heavy (non-hydrogen) atoms. The number of phenolic OH excluding ortho intramolecular Hbond substituents is 1. The Balaban J connectivity index is 2.12. The molecular weight excluding hydrogens is 214 g/mol. The van der Waals surface area contributed by atoms with Crippen LogP contribution in [0.2, 0.25) is 0 Å². The van der Waals surface area contributed by atoms with Crippen molar-refractivity contribution in [1.82, 2.24) is 5.32 Å². The molecule has 1 saturated carbocycles. The number of halogens is 1. The number of hydrogen-bond acceptors (Lipinski definition) is 2. The maximum absolute atomic E-state index is 11.8. The zero-order valence-electron chi connectivity index (χ0n) is 8.16. The molecule has 1 aliphatic rings. The lowest BCUT2D eigenvalue weighted by molar-refractivity contribution is 0.0933. The van der Waals surface area contributed by atoms with E-state index in [9.17, 15) is 9.90 Å². The Kier molecular flexibility index (Phi) is 2.57. The van der Waals surface area contributed by atoms with Crippen molar-refractivity contribution in [2.45, 2.75) is 18.4 Å². The van der Waals surface area contributed by atoms with E-state index in [2.05, 4.69) is 5.32 Å². The Morgan fingerprint density at radius 2 is 2.13 bits per heavy atom. The maximum Gasteiger partial charge on any atom is 0.255 e. The predicted molar refractivity (Wildman–Crippen MR) is 58.3 cm³/mol. The fourth-order valence-corrected chi connectivity index (χ4v) is 1.75. The van der Waals surface area contributed by atoms with Crippen LogP contribution < -0.4 is 5.32 Å². The maximum atomic E-state index is 11.8. The smallest absolute Gasteiger partial charge is 0.255 e. The van der Waals surface area contributed by atoms with Gasteiger partial charge in [0.15, 0.2) is 0 Å². The van der Waals surface area contributed by atoms with Gasteiger partial charge in [0.05, 0.1) is 11.1 Å². The van der Waals surface area contributed by atoms with E-state index in [1.165, 1.54) is 6.07 Å². The minimum atomic E-state index is -0.258. The highest BCUT2D eigenvalue weighted by Gasteiger charge is 2.43. The van der Waals surface area contributed by atoms with E-state index < -0.39 is 0 Å². The molecule has 0 radical (unpaired) electrons. The number of rotatable bonds is 3. The van der Waals surface area contributed by atoms with E-state index in [1.807, 2.05) is 0 Å². The highest BCUT2D eigenvalue weighted by molar-refractivity contribution is 6.19. The first kappa shape index (κ1) is 10.3. The summed E-state index contributed by atoms with van der Waals surface area (Å²) >= 11 is 5.75. The van der Waals surface area contributed by atoms with Crippen LogP contribution in [0.25, 0.3) is 0 Å². The predicted octanol–water partition coefficient (Wildman–Crippen LogP) is 1.89. The summed E-state index contributed by atoms with van der Waals surface area (Å²) in [5.74, 6) is 0.165. The zero-order chi connectivity index (χ0) is 10.9. The van der Waals surface area contributed by atoms with Gasteiger partial charge >= 0.3 is 0 Å². The molecule has 0 bridgehead atoms. The van der Waals surface area contributed by atoms with Crippen molar-refractivity contribution in [2.24, 2.45) is 0 Å². The number of nitrogens with one attached hydrogen (secondary N) is 1. The molecule has 1 aromatic carbocycles. The van der Waals surface area contributed by atoms with Crippen LogP contribution in [0, 0.1) is 0 Å². The number of carbonyl (C=O) groups is 1. The molecule has 0 heterocycles. The highest BCUT2D eigenvalue weighted by atomic mass is 35.5. The fraction of sp³-hybridized carbons (Fsp3) is 0.364. The highest BCUT2D eigenvalue weighted by Crippen LogP contribution is 2.36. The summed E-state index contributed by atoms with van der Waals surface area (Å²) in [5, 5.41) is 12.3. The third-order valence-electron chi connectivity index (χ3n) is 2.64. The molecule has 0 unspecified atom stereocenters. The van der Waals surface area contributed by atoms with Crippen molar-refractivity contribution < 1.29 is 9.90 Å². The molecule has 80 valence electrons. The van der Waals surface area contributed by atoms with E-state index in [-0.39, 0.29) is 17.2 Å². The van der Waals surface area contributed by atoms with Crippen LogP contribution in [0.4, 0.5) is 0 Å². The van der Waals surface area contributed by atoms with Crippen LogP contribution in [0.5, 0.6) is 5.75 Å². The van der Waals surface area contributed by atoms with E-state index in [0.717, 1.165) is 12.8 Å². The first-order chi connectivity index (χ1) is 7.17. The first-order valence-corrected chi connectivity index (χ1v) is 5.37. The van der Waals surface area contributed by atoms with Gasteiger partial charge in [-0.05, 0) is 25.0 Å². The van der Waals surface area contributed by atoms with Crippen molar-refractivity contribution in [3.63, 3.8) is 0 Å². The zero-order valence-corrected chi connectivity index (χ0v) is 8.92. The molecule has 0 aliphatic heterocycles. The molecule has 0 aromatic heterocycles. The van der Waals surface area contributed by atoms with Gasteiger partial charge in [-0.1, -0.05) is 12.1 Å². The minimum Gasteiger partial charge on any atom is -0.507 e. The van der Waals surface area contributed by atoms with Crippen LogP contribution in [-0.2, 0) is 0 Å². The Morgan fingerprint density at radius 3 is 2.67 bits per heavy atom.